The van der Waals surface area contributed by atoms with Gasteiger partial charge in [0.2, 0.25) is 5.91 Å². The molecule has 0 aromatic carbocycles. The van der Waals surface area contributed by atoms with Crippen molar-refractivity contribution in [3.63, 3.8) is 0 Å². The molecule has 0 bridgehead atoms. The fourth-order valence-corrected chi connectivity index (χ4v) is 10.5. The summed E-state index contributed by atoms with van der Waals surface area (Å²) in [4.78, 5) is 27.0. The van der Waals surface area contributed by atoms with Gasteiger partial charge >= 0.3 is 0 Å². The Labute approximate surface area is 216 Å². The molecule has 36 heavy (non-hydrogen) atoms. The first-order valence-corrected chi connectivity index (χ1v) is 14.0. The highest BCUT2D eigenvalue weighted by Crippen LogP contribution is 2.74. The lowest BCUT2D eigenvalue weighted by Crippen LogP contribution is -2.66. The number of allylic oxidation sites excluding steroid dienone is 2. The molecule has 5 rings (SSSR count). The van der Waals surface area contributed by atoms with Crippen LogP contribution in [0.4, 0.5) is 0 Å². The molecule has 4 fully saturated rings. The van der Waals surface area contributed by atoms with Gasteiger partial charge in [0.1, 0.15) is 0 Å². The molecular weight excluding hydrogens is 452 g/mol. The average molecular weight is 499 g/mol. The Morgan fingerprint density at radius 1 is 1.00 bits per heavy atom. The van der Waals surface area contributed by atoms with Gasteiger partial charge < -0.3 is 5.21 Å². The number of amides is 1. The molecule has 0 aromatic heterocycles. The molecule has 5 aliphatic rings. The van der Waals surface area contributed by atoms with Crippen LogP contribution >= 0.6 is 0 Å². The maximum atomic E-state index is 14.3. The highest BCUT2D eigenvalue weighted by Gasteiger charge is 2.70. The Morgan fingerprint density at radius 2 is 1.67 bits per heavy atom. The molecule has 6 heteroatoms. The van der Waals surface area contributed by atoms with Crippen LogP contribution in [-0.4, -0.2) is 27.8 Å². The first-order valence-electron chi connectivity index (χ1n) is 14.0. The SMILES string of the molecule is CC1(C)C(=NO)CC[C@@]2(C)C1CC[C@]1(C)[C@@H]2C(=O)C=C2[C@@H]3C[C@@](C)(C(=O)NO)CC[C@]3(C)CC[C@]21C. The quantitative estimate of drug-likeness (QED) is 0.224. The molecule has 200 valence electrons. The fourth-order valence-electron chi connectivity index (χ4n) is 10.5. The van der Waals surface area contributed by atoms with Crippen LogP contribution in [0.3, 0.4) is 0 Å². The van der Waals surface area contributed by atoms with E-state index in [1.165, 1.54) is 5.57 Å². The normalized spacial score (nSPS) is 50.8. The summed E-state index contributed by atoms with van der Waals surface area (Å²) in [5.74, 6) is 0.362. The van der Waals surface area contributed by atoms with E-state index in [1.807, 2.05) is 18.5 Å². The first kappa shape index (κ1) is 25.9. The van der Waals surface area contributed by atoms with Crippen molar-refractivity contribution < 1.29 is 20.0 Å². The lowest BCUT2D eigenvalue weighted by Gasteiger charge is -2.70. The van der Waals surface area contributed by atoms with Crippen LogP contribution in [0.25, 0.3) is 0 Å². The van der Waals surface area contributed by atoms with Gasteiger partial charge in [-0.15, -0.1) is 0 Å². The first-order chi connectivity index (χ1) is 16.6. The summed E-state index contributed by atoms with van der Waals surface area (Å²) in [6.07, 6.45) is 10.2. The van der Waals surface area contributed by atoms with Crippen molar-refractivity contribution >= 4 is 17.4 Å². The number of carbonyl (C=O) groups excluding carboxylic acids is 2. The predicted octanol–water partition coefficient (Wildman–Crippen LogP) is 6.30. The maximum Gasteiger partial charge on any atom is 0.249 e. The van der Waals surface area contributed by atoms with Gasteiger partial charge in [0.25, 0.3) is 0 Å². The van der Waals surface area contributed by atoms with Gasteiger partial charge in [0.05, 0.1) is 5.71 Å². The fraction of sp³-hybridized carbons (Fsp3) is 0.833. The van der Waals surface area contributed by atoms with E-state index in [0.29, 0.717) is 12.3 Å². The number of fused-ring (bicyclic) bond motifs is 7. The minimum Gasteiger partial charge on any atom is -0.411 e. The van der Waals surface area contributed by atoms with E-state index in [2.05, 4.69) is 46.7 Å². The smallest absolute Gasteiger partial charge is 0.249 e. The molecule has 3 N–H and O–H groups in total. The van der Waals surface area contributed by atoms with Crippen LogP contribution in [0.5, 0.6) is 0 Å². The Hall–Kier alpha value is -1.69. The third kappa shape index (κ3) is 3.03. The van der Waals surface area contributed by atoms with E-state index in [-0.39, 0.29) is 50.6 Å². The molecule has 0 saturated heterocycles. The monoisotopic (exact) mass is 498 g/mol. The third-order valence-corrected chi connectivity index (χ3v) is 13.1. The number of oxime groups is 1. The van der Waals surface area contributed by atoms with Crippen molar-refractivity contribution in [2.24, 2.45) is 55.4 Å². The zero-order chi connectivity index (χ0) is 26.5. The van der Waals surface area contributed by atoms with Gasteiger partial charge in [-0.25, -0.2) is 5.48 Å². The number of hydrogen-bond donors (Lipinski definition) is 3. The van der Waals surface area contributed by atoms with Gasteiger partial charge in [0, 0.05) is 16.7 Å². The summed E-state index contributed by atoms with van der Waals surface area (Å²) in [6, 6.07) is 0. The van der Waals surface area contributed by atoms with Crippen molar-refractivity contribution in [1.82, 2.24) is 5.48 Å². The van der Waals surface area contributed by atoms with E-state index in [9.17, 15) is 20.0 Å². The van der Waals surface area contributed by atoms with Crippen molar-refractivity contribution in [2.75, 3.05) is 0 Å². The number of ketones is 1. The Kier molecular flexibility index (Phi) is 5.53. The van der Waals surface area contributed by atoms with Crippen molar-refractivity contribution in [1.29, 1.82) is 0 Å². The average Bonchev–Trinajstić information content (AvgIpc) is 2.80. The second-order valence-electron chi connectivity index (χ2n) is 15.0. The van der Waals surface area contributed by atoms with Gasteiger partial charge in [-0.2, -0.15) is 0 Å². The Morgan fingerprint density at radius 3 is 2.31 bits per heavy atom. The molecule has 0 aliphatic heterocycles. The van der Waals surface area contributed by atoms with Crippen LogP contribution in [-0.2, 0) is 9.59 Å². The van der Waals surface area contributed by atoms with E-state index in [4.69, 9.17) is 0 Å². The summed E-state index contributed by atoms with van der Waals surface area (Å²) in [5, 5.41) is 22.9. The van der Waals surface area contributed by atoms with Crippen LogP contribution in [0.1, 0.15) is 106 Å². The molecule has 0 heterocycles. The molecule has 0 radical (unpaired) electrons. The van der Waals surface area contributed by atoms with Gasteiger partial charge in [0.15, 0.2) is 5.78 Å². The number of nitrogens with one attached hydrogen (secondary N) is 1. The van der Waals surface area contributed by atoms with E-state index >= 15 is 0 Å². The molecule has 6 nitrogen and oxygen atoms in total. The van der Waals surface area contributed by atoms with Crippen molar-refractivity contribution in [2.45, 2.75) is 106 Å². The zero-order valence-corrected chi connectivity index (χ0v) is 23.3. The Balaban J connectivity index is 1.61. The van der Waals surface area contributed by atoms with E-state index < -0.39 is 5.41 Å². The molecule has 5 aliphatic carbocycles. The number of rotatable bonds is 1. The summed E-state index contributed by atoms with van der Waals surface area (Å²) in [6.45, 7) is 15.9. The van der Waals surface area contributed by atoms with Crippen molar-refractivity contribution in [3.05, 3.63) is 11.6 Å². The highest BCUT2D eigenvalue weighted by atomic mass is 16.5. The predicted molar refractivity (Wildman–Crippen MR) is 139 cm³/mol. The summed E-state index contributed by atoms with van der Waals surface area (Å²) in [5.41, 5.74) is 2.87. The maximum absolute atomic E-state index is 14.3. The summed E-state index contributed by atoms with van der Waals surface area (Å²) < 4.78 is 0. The summed E-state index contributed by atoms with van der Waals surface area (Å²) >= 11 is 0. The van der Waals surface area contributed by atoms with Gasteiger partial charge in [-0.1, -0.05) is 59.2 Å². The van der Waals surface area contributed by atoms with Crippen molar-refractivity contribution in [3.8, 4) is 0 Å². The highest BCUT2D eigenvalue weighted by molar-refractivity contribution is 5.97. The second-order valence-corrected chi connectivity index (χ2v) is 15.0. The van der Waals surface area contributed by atoms with Gasteiger partial charge in [-0.3, -0.25) is 14.8 Å². The molecule has 0 spiro atoms. The molecule has 8 atom stereocenters. The van der Waals surface area contributed by atoms with Crippen LogP contribution in [0.15, 0.2) is 16.8 Å². The number of carbonyl (C=O) groups is 2. The standard InChI is InChI=1S/C30H46N2O4/c1-25(2)21-8-11-30(7)23(28(21,5)10-9-22(25)31-35)20(33)16-18-19-17-27(4,24(34)32-36)13-12-26(19,3)14-15-29(18,30)6/h16,19,21,23,35-36H,8-15,17H2,1-7H3,(H,32,34)/t19-,21?,23+,26+,27-,28-,29+,30+/m0/s1. The Bertz CT molecular complexity index is 1060. The number of hydroxylamine groups is 1. The van der Waals surface area contributed by atoms with E-state index in [1.54, 1.807) is 0 Å². The lowest BCUT2D eigenvalue weighted by atomic mass is 9.33. The molecule has 4 saturated carbocycles. The number of hydrogen-bond acceptors (Lipinski definition) is 5. The molecule has 0 aromatic rings. The minimum absolute atomic E-state index is 0.0583. The summed E-state index contributed by atoms with van der Waals surface area (Å²) in [7, 11) is 0. The van der Waals surface area contributed by atoms with Gasteiger partial charge in [-0.05, 0) is 97.4 Å². The third-order valence-electron chi connectivity index (χ3n) is 13.1. The molecular formula is C30H46N2O4. The second kappa shape index (κ2) is 7.68. The van der Waals surface area contributed by atoms with Crippen LogP contribution in [0, 0.1) is 50.2 Å². The zero-order valence-electron chi connectivity index (χ0n) is 23.3. The lowest BCUT2D eigenvalue weighted by molar-refractivity contribution is -0.175. The van der Waals surface area contributed by atoms with Crippen LogP contribution < -0.4 is 5.48 Å². The largest absolute Gasteiger partial charge is 0.411 e. The minimum atomic E-state index is -0.629. The number of nitrogens with zero attached hydrogens (tertiary/aromatic N) is 1. The molecule has 1 unspecified atom stereocenters. The molecule has 1 amide bonds. The van der Waals surface area contributed by atoms with Crippen LogP contribution in [0.2, 0.25) is 0 Å². The topological polar surface area (TPSA) is 99.0 Å². The van der Waals surface area contributed by atoms with E-state index in [0.717, 1.165) is 57.1 Å².